The maximum absolute atomic E-state index is 9.53. The van der Waals surface area contributed by atoms with Crippen molar-refractivity contribution in [2.75, 3.05) is 0 Å². The molecule has 0 amide bonds. The SMILES string of the molecule is C=C1CC(O)C(CC)=C[C@H]1C. The fraction of sp³-hybridized carbons (Fsp3) is 0.600. The number of allylic oxidation sites excluding steroid dienone is 1. The Morgan fingerprint density at radius 2 is 2.36 bits per heavy atom. The van der Waals surface area contributed by atoms with E-state index in [1.807, 2.05) is 0 Å². The van der Waals surface area contributed by atoms with Crippen LogP contribution in [0.1, 0.15) is 26.7 Å². The Kier molecular flexibility index (Phi) is 2.50. The third-order valence-electron chi connectivity index (χ3n) is 2.40. The Balaban J connectivity index is 2.78. The smallest absolute Gasteiger partial charge is 0.0787 e. The first-order chi connectivity index (χ1) is 5.15. The monoisotopic (exact) mass is 152 g/mol. The molecule has 0 saturated carbocycles. The fourth-order valence-corrected chi connectivity index (χ4v) is 1.47. The zero-order chi connectivity index (χ0) is 8.43. The van der Waals surface area contributed by atoms with E-state index in [-0.39, 0.29) is 6.10 Å². The standard InChI is InChI=1S/C10H16O/c1-4-9-5-7(2)8(3)6-10(9)11/h5,7,10-11H,3-4,6H2,1-2H3/t7-,10?/m1/s1. The van der Waals surface area contributed by atoms with Crippen molar-refractivity contribution in [2.24, 2.45) is 5.92 Å². The second-order valence-corrected chi connectivity index (χ2v) is 3.26. The van der Waals surface area contributed by atoms with Crippen molar-refractivity contribution in [1.82, 2.24) is 0 Å². The molecule has 62 valence electrons. The molecule has 0 radical (unpaired) electrons. The van der Waals surface area contributed by atoms with Gasteiger partial charge in [-0.3, -0.25) is 0 Å². The van der Waals surface area contributed by atoms with Gasteiger partial charge in [-0.2, -0.15) is 0 Å². The zero-order valence-electron chi connectivity index (χ0n) is 7.30. The average molecular weight is 152 g/mol. The first kappa shape index (κ1) is 8.54. The number of rotatable bonds is 1. The first-order valence-electron chi connectivity index (χ1n) is 4.21. The summed E-state index contributed by atoms with van der Waals surface area (Å²) in [5, 5.41) is 9.53. The van der Waals surface area contributed by atoms with E-state index in [2.05, 4.69) is 26.5 Å². The second-order valence-electron chi connectivity index (χ2n) is 3.26. The maximum Gasteiger partial charge on any atom is 0.0787 e. The predicted octanol–water partition coefficient (Wildman–Crippen LogP) is 2.28. The van der Waals surface area contributed by atoms with Gasteiger partial charge in [-0.25, -0.2) is 0 Å². The van der Waals surface area contributed by atoms with Gasteiger partial charge in [-0.15, -0.1) is 0 Å². The number of aliphatic hydroxyl groups excluding tert-OH is 1. The Bertz CT molecular complexity index is 191. The van der Waals surface area contributed by atoms with Crippen molar-refractivity contribution in [3.8, 4) is 0 Å². The fourth-order valence-electron chi connectivity index (χ4n) is 1.47. The molecule has 1 rings (SSSR count). The van der Waals surface area contributed by atoms with E-state index >= 15 is 0 Å². The Morgan fingerprint density at radius 1 is 1.73 bits per heavy atom. The highest BCUT2D eigenvalue weighted by molar-refractivity contribution is 5.24. The van der Waals surface area contributed by atoms with E-state index in [1.54, 1.807) is 0 Å². The minimum atomic E-state index is -0.260. The van der Waals surface area contributed by atoms with Gasteiger partial charge in [0.2, 0.25) is 0 Å². The summed E-state index contributed by atoms with van der Waals surface area (Å²) in [5.74, 6) is 0.452. The summed E-state index contributed by atoms with van der Waals surface area (Å²) in [6.45, 7) is 8.12. The molecular weight excluding hydrogens is 136 g/mol. The topological polar surface area (TPSA) is 20.2 Å². The molecule has 0 heterocycles. The van der Waals surface area contributed by atoms with E-state index < -0.39 is 0 Å². The zero-order valence-corrected chi connectivity index (χ0v) is 7.30. The summed E-state index contributed by atoms with van der Waals surface area (Å²) in [6, 6.07) is 0. The summed E-state index contributed by atoms with van der Waals surface area (Å²) in [6.07, 6.45) is 3.58. The molecule has 0 fully saturated rings. The molecule has 0 aromatic carbocycles. The summed E-state index contributed by atoms with van der Waals surface area (Å²) < 4.78 is 0. The molecule has 0 aromatic heterocycles. The van der Waals surface area contributed by atoms with Crippen molar-refractivity contribution < 1.29 is 5.11 Å². The van der Waals surface area contributed by atoms with Gasteiger partial charge in [0.1, 0.15) is 0 Å². The van der Waals surface area contributed by atoms with Crippen LogP contribution in [0, 0.1) is 5.92 Å². The lowest BCUT2D eigenvalue weighted by Crippen LogP contribution is -2.18. The van der Waals surface area contributed by atoms with Gasteiger partial charge in [0.25, 0.3) is 0 Å². The van der Waals surface area contributed by atoms with Crippen LogP contribution in [0.3, 0.4) is 0 Å². The highest BCUT2D eigenvalue weighted by Crippen LogP contribution is 2.28. The third kappa shape index (κ3) is 1.72. The molecule has 0 aliphatic heterocycles. The Hall–Kier alpha value is -0.560. The lowest BCUT2D eigenvalue weighted by molar-refractivity contribution is 0.199. The quantitative estimate of drug-likeness (QED) is 0.571. The molecule has 0 bridgehead atoms. The Morgan fingerprint density at radius 3 is 2.91 bits per heavy atom. The van der Waals surface area contributed by atoms with E-state index in [1.165, 1.54) is 5.57 Å². The normalized spacial score (nSPS) is 31.9. The summed E-state index contributed by atoms with van der Waals surface area (Å²) in [5.41, 5.74) is 2.32. The van der Waals surface area contributed by atoms with Gasteiger partial charge in [-0.1, -0.05) is 32.1 Å². The van der Waals surface area contributed by atoms with Crippen LogP contribution in [0.5, 0.6) is 0 Å². The molecule has 1 N–H and O–H groups in total. The molecule has 0 spiro atoms. The Labute approximate surface area is 68.4 Å². The van der Waals surface area contributed by atoms with E-state index in [0.717, 1.165) is 18.4 Å². The molecule has 1 unspecified atom stereocenters. The second kappa shape index (κ2) is 3.22. The highest BCUT2D eigenvalue weighted by atomic mass is 16.3. The van der Waals surface area contributed by atoms with Gasteiger partial charge < -0.3 is 5.11 Å². The van der Waals surface area contributed by atoms with Crippen molar-refractivity contribution >= 4 is 0 Å². The van der Waals surface area contributed by atoms with Crippen molar-refractivity contribution in [3.63, 3.8) is 0 Å². The average Bonchev–Trinajstić information content (AvgIpc) is 1.97. The largest absolute Gasteiger partial charge is 0.388 e. The van der Waals surface area contributed by atoms with Crippen LogP contribution in [0.25, 0.3) is 0 Å². The molecule has 1 aliphatic carbocycles. The molecule has 1 nitrogen and oxygen atoms in total. The van der Waals surface area contributed by atoms with Gasteiger partial charge in [0.05, 0.1) is 6.10 Å². The van der Waals surface area contributed by atoms with Gasteiger partial charge in [0.15, 0.2) is 0 Å². The lowest BCUT2D eigenvalue weighted by atomic mass is 9.85. The lowest BCUT2D eigenvalue weighted by Gasteiger charge is -2.24. The van der Waals surface area contributed by atoms with Crippen LogP contribution in [0.4, 0.5) is 0 Å². The molecule has 0 saturated heterocycles. The van der Waals surface area contributed by atoms with Crippen LogP contribution in [-0.4, -0.2) is 11.2 Å². The number of aliphatic hydroxyl groups is 1. The molecule has 1 heteroatoms. The van der Waals surface area contributed by atoms with Crippen molar-refractivity contribution in [2.45, 2.75) is 32.8 Å². The van der Waals surface area contributed by atoms with E-state index in [9.17, 15) is 5.11 Å². The van der Waals surface area contributed by atoms with Crippen LogP contribution in [0.15, 0.2) is 23.8 Å². The summed E-state index contributed by atoms with van der Waals surface area (Å²) >= 11 is 0. The van der Waals surface area contributed by atoms with Crippen LogP contribution in [0.2, 0.25) is 0 Å². The summed E-state index contributed by atoms with van der Waals surface area (Å²) in [7, 11) is 0. The summed E-state index contributed by atoms with van der Waals surface area (Å²) in [4.78, 5) is 0. The third-order valence-corrected chi connectivity index (χ3v) is 2.40. The number of hydrogen-bond donors (Lipinski definition) is 1. The number of hydrogen-bond acceptors (Lipinski definition) is 1. The molecule has 0 aromatic rings. The minimum absolute atomic E-state index is 0.260. The van der Waals surface area contributed by atoms with Gasteiger partial charge >= 0.3 is 0 Å². The van der Waals surface area contributed by atoms with Crippen LogP contribution < -0.4 is 0 Å². The van der Waals surface area contributed by atoms with Crippen molar-refractivity contribution in [3.05, 3.63) is 23.8 Å². The predicted molar refractivity (Wildman–Crippen MR) is 47.3 cm³/mol. The van der Waals surface area contributed by atoms with Crippen LogP contribution in [-0.2, 0) is 0 Å². The highest BCUT2D eigenvalue weighted by Gasteiger charge is 2.19. The molecule has 1 aliphatic rings. The molecule has 2 atom stereocenters. The van der Waals surface area contributed by atoms with E-state index in [4.69, 9.17) is 0 Å². The van der Waals surface area contributed by atoms with Crippen molar-refractivity contribution in [1.29, 1.82) is 0 Å². The molecular formula is C10H16O. The van der Waals surface area contributed by atoms with E-state index in [0.29, 0.717) is 5.92 Å². The van der Waals surface area contributed by atoms with Gasteiger partial charge in [-0.05, 0) is 24.3 Å². The molecule has 11 heavy (non-hydrogen) atoms. The van der Waals surface area contributed by atoms with Crippen LogP contribution >= 0.6 is 0 Å². The minimum Gasteiger partial charge on any atom is -0.388 e. The first-order valence-corrected chi connectivity index (χ1v) is 4.21. The van der Waals surface area contributed by atoms with Gasteiger partial charge in [0, 0.05) is 0 Å². The maximum atomic E-state index is 9.53.